The van der Waals surface area contributed by atoms with Crippen molar-refractivity contribution < 1.29 is 27.8 Å². The number of rotatable bonds is 6. The molecule has 0 aliphatic heterocycles. The third-order valence-corrected chi connectivity index (χ3v) is 3.75. The van der Waals surface area contributed by atoms with Gasteiger partial charge in [0.1, 0.15) is 5.75 Å². The predicted octanol–water partition coefficient (Wildman–Crippen LogP) is 5.07. The topological polar surface area (TPSA) is 44.8 Å². The van der Waals surface area contributed by atoms with Gasteiger partial charge in [-0.15, -0.1) is 0 Å². The van der Waals surface area contributed by atoms with Crippen molar-refractivity contribution in [3.05, 3.63) is 72.3 Å². The molecule has 0 aromatic heterocycles. The van der Waals surface area contributed by atoms with Gasteiger partial charge in [-0.1, -0.05) is 36.4 Å². The largest absolute Gasteiger partial charge is 0.493 e. The fourth-order valence-corrected chi connectivity index (χ4v) is 2.53. The summed E-state index contributed by atoms with van der Waals surface area (Å²) in [7, 11) is 1.34. The van der Waals surface area contributed by atoms with Crippen LogP contribution in [0.5, 0.6) is 17.2 Å². The Morgan fingerprint density at radius 1 is 0.963 bits per heavy atom. The van der Waals surface area contributed by atoms with Crippen molar-refractivity contribution in [3.63, 3.8) is 0 Å². The van der Waals surface area contributed by atoms with E-state index in [-0.39, 0.29) is 11.5 Å². The van der Waals surface area contributed by atoms with Crippen molar-refractivity contribution in [2.24, 2.45) is 0 Å². The molecule has 0 fully saturated rings. The monoisotopic (exact) mass is 370 g/mol. The van der Waals surface area contributed by atoms with Gasteiger partial charge in [0, 0.05) is 6.08 Å². The first-order valence-corrected chi connectivity index (χ1v) is 8.07. The van der Waals surface area contributed by atoms with Crippen LogP contribution < -0.4 is 14.2 Å². The van der Waals surface area contributed by atoms with E-state index >= 15 is 0 Å². The summed E-state index contributed by atoms with van der Waals surface area (Å²) in [4.78, 5) is 12.0. The summed E-state index contributed by atoms with van der Waals surface area (Å²) in [6.07, 6.45) is 2.75. The third-order valence-electron chi connectivity index (χ3n) is 3.75. The highest BCUT2D eigenvalue weighted by Crippen LogP contribution is 2.30. The highest BCUT2D eigenvalue weighted by molar-refractivity contribution is 5.90. The summed E-state index contributed by atoms with van der Waals surface area (Å²) < 4.78 is 39.4. The van der Waals surface area contributed by atoms with E-state index in [0.717, 1.165) is 10.8 Å². The molecular formula is C21H16F2O4. The number of ether oxygens (including phenoxy) is 3. The lowest BCUT2D eigenvalue weighted by atomic mass is 10.1. The molecule has 3 aromatic rings. The van der Waals surface area contributed by atoms with Crippen LogP contribution in [0.1, 0.15) is 5.56 Å². The van der Waals surface area contributed by atoms with Gasteiger partial charge in [0.05, 0.1) is 7.11 Å². The Morgan fingerprint density at radius 2 is 1.74 bits per heavy atom. The number of alkyl halides is 2. The van der Waals surface area contributed by atoms with E-state index in [1.807, 2.05) is 30.3 Å². The second-order valence-corrected chi connectivity index (χ2v) is 5.55. The lowest BCUT2D eigenvalue weighted by Gasteiger charge is -2.10. The van der Waals surface area contributed by atoms with Gasteiger partial charge in [-0.05, 0) is 46.7 Å². The van der Waals surface area contributed by atoms with E-state index in [0.29, 0.717) is 11.3 Å². The SMILES string of the molecule is COc1cc(C=CC(=O)Oc2ccc3ccccc3c2)ccc1OC(F)F. The van der Waals surface area contributed by atoms with Gasteiger partial charge in [-0.25, -0.2) is 4.79 Å². The van der Waals surface area contributed by atoms with Crippen LogP contribution in [0.4, 0.5) is 8.78 Å². The Morgan fingerprint density at radius 3 is 2.48 bits per heavy atom. The standard InChI is InChI=1S/C21H16F2O4/c1-25-19-12-14(6-10-18(19)27-21(22)23)7-11-20(24)26-17-9-8-15-4-2-3-5-16(15)13-17/h2-13,21H,1H3. The van der Waals surface area contributed by atoms with E-state index in [2.05, 4.69) is 4.74 Å². The van der Waals surface area contributed by atoms with E-state index in [4.69, 9.17) is 9.47 Å². The van der Waals surface area contributed by atoms with Gasteiger partial charge in [0.25, 0.3) is 0 Å². The summed E-state index contributed by atoms with van der Waals surface area (Å²) in [6.45, 7) is -2.95. The summed E-state index contributed by atoms with van der Waals surface area (Å²) in [6, 6.07) is 17.5. The second kappa shape index (κ2) is 8.31. The Balaban J connectivity index is 1.70. The second-order valence-electron chi connectivity index (χ2n) is 5.55. The number of halogens is 2. The lowest BCUT2D eigenvalue weighted by molar-refractivity contribution is -0.128. The molecule has 27 heavy (non-hydrogen) atoms. The normalized spacial score (nSPS) is 11.1. The van der Waals surface area contributed by atoms with Crippen LogP contribution in [0.2, 0.25) is 0 Å². The quantitative estimate of drug-likeness (QED) is 0.345. The maximum absolute atomic E-state index is 12.3. The lowest BCUT2D eigenvalue weighted by Crippen LogP contribution is -2.04. The van der Waals surface area contributed by atoms with Gasteiger partial charge in [0.15, 0.2) is 11.5 Å². The van der Waals surface area contributed by atoms with Crippen LogP contribution in [0.3, 0.4) is 0 Å². The minimum atomic E-state index is -2.95. The Labute approximate surface area is 154 Å². The molecule has 0 heterocycles. The zero-order valence-electron chi connectivity index (χ0n) is 14.4. The molecule has 0 saturated heterocycles. The van der Waals surface area contributed by atoms with Crippen molar-refractivity contribution in [1.82, 2.24) is 0 Å². The summed E-state index contributed by atoms with van der Waals surface area (Å²) in [5.74, 6) is -0.0671. The Bertz CT molecular complexity index is 983. The molecule has 0 aliphatic carbocycles. The first-order valence-electron chi connectivity index (χ1n) is 8.07. The first kappa shape index (κ1) is 18.4. The molecule has 0 radical (unpaired) electrons. The van der Waals surface area contributed by atoms with Crippen molar-refractivity contribution in [2.75, 3.05) is 7.11 Å². The Kier molecular flexibility index (Phi) is 5.66. The molecule has 6 heteroatoms. The van der Waals surface area contributed by atoms with E-state index in [1.165, 1.54) is 37.5 Å². The van der Waals surface area contributed by atoms with Crippen molar-refractivity contribution in [2.45, 2.75) is 6.61 Å². The number of carbonyl (C=O) groups is 1. The van der Waals surface area contributed by atoms with Crippen LogP contribution >= 0.6 is 0 Å². The maximum atomic E-state index is 12.3. The molecular weight excluding hydrogens is 354 g/mol. The first-order chi connectivity index (χ1) is 13.0. The highest BCUT2D eigenvalue weighted by Gasteiger charge is 2.10. The molecule has 0 aliphatic rings. The molecule has 3 rings (SSSR count). The molecule has 0 amide bonds. The zero-order chi connectivity index (χ0) is 19.2. The molecule has 3 aromatic carbocycles. The van der Waals surface area contributed by atoms with Crippen LogP contribution in [0, 0.1) is 0 Å². The van der Waals surface area contributed by atoms with Gasteiger partial charge in [0.2, 0.25) is 0 Å². The number of hydrogen-bond acceptors (Lipinski definition) is 4. The smallest absolute Gasteiger partial charge is 0.387 e. The number of hydrogen-bond donors (Lipinski definition) is 0. The van der Waals surface area contributed by atoms with Gasteiger partial charge < -0.3 is 14.2 Å². The van der Waals surface area contributed by atoms with Gasteiger partial charge in [-0.3, -0.25) is 0 Å². The molecule has 4 nitrogen and oxygen atoms in total. The van der Waals surface area contributed by atoms with Crippen LogP contribution in [0.25, 0.3) is 16.8 Å². The van der Waals surface area contributed by atoms with Crippen LogP contribution in [-0.4, -0.2) is 19.7 Å². The van der Waals surface area contributed by atoms with E-state index in [1.54, 1.807) is 12.1 Å². The molecule has 0 atom stereocenters. The molecule has 0 spiro atoms. The highest BCUT2D eigenvalue weighted by atomic mass is 19.3. The number of benzene rings is 3. The van der Waals surface area contributed by atoms with Crippen molar-refractivity contribution in [1.29, 1.82) is 0 Å². The van der Waals surface area contributed by atoms with E-state index < -0.39 is 12.6 Å². The number of esters is 1. The number of fused-ring (bicyclic) bond motifs is 1. The minimum absolute atomic E-state index is 0.0802. The molecule has 0 N–H and O–H groups in total. The predicted molar refractivity (Wildman–Crippen MR) is 98.2 cm³/mol. The van der Waals surface area contributed by atoms with Crippen molar-refractivity contribution >= 4 is 22.8 Å². The molecule has 0 bridgehead atoms. The van der Waals surface area contributed by atoms with Crippen LogP contribution in [-0.2, 0) is 4.79 Å². The van der Waals surface area contributed by atoms with Crippen LogP contribution in [0.15, 0.2) is 66.7 Å². The van der Waals surface area contributed by atoms with Gasteiger partial charge in [-0.2, -0.15) is 8.78 Å². The summed E-state index contributed by atoms with van der Waals surface area (Å²) >= 11 is 0. The van der Waals surface area contributed by atoms with E-state index in [9.17, 15) is 13.6 Å². The summed E-state index contributed by atoms with van der Waals surface area (Å²) in [5, 5.41) is 2.01. The third kappa shape index (κ3) is 4.82. The Hall–Kier alpha value is -3.41. The minimum Gasteiger partial charge on any atom is -0.493 e. The van der Waals surface area contributed by atoms with Gasteiger partial charge >= 0.3 is 12.6 Å². The average Bonchev–Trinajstić information content (AvgIpc) is 2.66. The fourth-order valence-electron chi connectivity index (χ4n) is 2.53. The zero-order valence-corrected chi connectivity index (χ0v) is 14.4. The van der Waals surface area contributed by atoms with Crippen molar-refractivity contribution in [3.8, 4) is 17.2 Å². The average molecular weight is 370 g/mol. The number of carbonyl (C=O) groups excluding carboxylic acids is 1. The fraction of sp³-hybridized carbons (Fsp3) is 0.0952. The maximum Gasteiger partial charge on any atom is 0.387 e. The number of methoxy groups -OCH3 is 1. The molecule has 138 valence electrons. The molecule has 0 unspecified atom stereocenters. The molecule has 0 saturated carbocycles. The summed E-state index contributed by atoms with van der Waals surface area (Å²) in [5.41, 5.74) is 0.573.